The molecule has 0 saturated carbocycles. The molecule has 0 radical (unpaired) electrons. The van der Waals surface area contributed by atoms with Gasteiger partial charge in [-0.25, -0.2) is 8.42 Å². The minimum atomic E-state index is -4.02. The number of aliphatic hydroxyl groups excluding tert-OH is 1. The van der Waals surface area contributed by atoms with Gasteiger partial charge in [-0.15, -0.1) is 0 Å². The van der Waals surface area contributed by atoms with E-state index >= 15 is 0 Å². The molecule has 0 aromatic rings. The fourth-order valence-corrected chi connectivity index (χ4v) is 2.68. The predicted octanol–water partition coefficient (Wildman–Crippen LogP) is 0.208. The summed E-state index contributed by atoms with van der Waals surface area (Å²) in [6.45, 7) is 2.13. The van der Waals surface area contributed by atoms with Crippen LogP contribution in [0, 0.1) is 0 Å². The van der Waals surface area contributed by atoms with Crippen molar-refractivity contribution in [1.82, 2.24) is 0 Å². The van der Waals surface area contributed by atoms with E-state index in [0.717, 1.165) is 64.2 Å². The molecule has 0 bridgehead atoms. The first-order chi connectivity index (χ1) is 8.95. The quantitative estimate of drug-likeness (QED) is 0.297. The fraction of sp³-hybridized carbons (Fsp3) is 1.00. The first-order valence-corrected chi connectivity index (χ1v) is 9.15. The molecule has 0 rings (SSSR count). The molecule has 0 aliphatic heterocycles. The maximum atomic E-state index is 10.4. The van der Waals surface area contributed by atoms with Crippen molar-refractivity contribution in [2.45, 2.75) is 83.7 Å². The standard InChI is InChI=1S/C14H30O4S.K/c1-2-3-11-14(15)12-9-7-5-4-6-8-10-13-19(16,17)18;/h14-15H,2-13H2,1H3,(H,16,17,18);/q;+1/p-1. The Morgan fingerprint density at radius 1 is 0.900 bits per heavy atom. The van der Waals surface area contributed by atoms with E-state index in [1.54, 1.807) is 0 Å². The fourth-order valence-electron chi connectivity index (χ4n) is 2.13. The van der Waals surface area contributed by atoms with Crippen molar-refractivity contribution in [3.63, 3.8) is 0 Å². The van der Waals surface area contributed by atoms with Gasteiger partial charge in [0.05, 0.1) is 16.2 Å². The molecule has 0 aliphatic rings. The van der Waals surface area contributed by atoms with Crippen LogP contribution in [0.5, 0.6) is 0 Å². The zero-order chi connectivity index (χ0) is 14.6. The van der Waals surface area contributed by atoms with Gasteiger partial charge in [0.1, 0.15) is 0 Å². The van der Waals surface area contributed by atoms with Gasteiger partial charge in [-0.05, 0) is 19.3 Å². The van der Waals surface area contributed by atoms with E-state index in [4.69, 9.17) is 0 Å². The first kappa shape index (κ1) is 23.8. The van der Waals surface area contributed by atoms with Crippen molar-refractivity contribution < 1.29 is 69.5 Å². The molecule has 0 saturated heterocycles. The third-order valence-corrected chi connectivity index (χ3v) is 4.11. The third kappa shape index (κ3) is 19.5. The summed E-state index contributed by atoms with van der Waals surface area (Å²) in [6, 6.07) is 0. The normalized spacial score (nSPS) is 12.9. The third-order valence-electron chi connectivity index (χ3n) is 3.32. The average Bonchev–Trinajstić information content (AvgIpc) is 2.33. The molecule has 0 spiro atoms. The molecule has 1 N–H and O–H groups in total. The Kier molecular flexibility index (Phi) is 18.3. The van der Waals surface area contributed by atoms with E-state index in [9.17, 15) is 18.1 Å². The van der Waals surface area contributed by atoms with E-state index < -0.39 is 10.1 Å². The molecule has 0 aromatic carbocycles. The number of aliphatic hydroxyl groups is 1. The first-order valence-electron chi connectivity index (χ1n) is 7.57. The zero-order valence-corrected chi connectivity index (χ0v) is 17.1. The van der Waals surface area contributed by atoms with Crippen LogP contribution in [0.3, 0.4) is 0 Å². The van der Waals surface area contributed by atoms with Gasteiger partial charge in [-0.3, -0.25) is 0 Å². The van der Waals surface area contributed by atoms with Gasteiger partial charge >= 0.3 is 51.4 Å². The largest absolute Gasteiger partial charge is 1.00 e. The summed E-state index contributed by atoms with van der Waals surface area (Å²) in [6.07, 6.45) is 10.6. The monoisotopic (exact) mass is 332 g/mol. The van der Waals surface area contributed by atoms with Gasteiger partial charge in [-0.2, -0.15) is 0 Å². The van der Waals surface area contributed by atoms with Crippen LogP contribution in [0.4, 0.5) is 0 Å². The van der Waals surface area contributed by atoms with Crippen molar-refractivity contribution >= 4 is 10.1 Å². The Balaban J connectivity index is 0. The number of hydrogen-bond acceptors (Lipinski definition) is 4. The predicted molar refractivity (Wildman–Crippen MR) is 77.0 cm³/mol. The van der Waals surface area contributed by atoms with Crippen molar-refractivity contribution in [2.24, 2.45) is 0 Å². The van der Waals surface area contributed by atoms with E-state index in [0.29, 0.717) is 6.42 Å². The second-order valence-corrected chi connectivity index (χ2v) is 6.85. The molecule has 0 fully saturated rings. The SMILES string of the molecule is CCCCC(O)CCCCCCCCCS(=O)(=O)[O-].[K+]. The van der Waals surface area contributed by atoms with E-state index in [1.807, 2.05) is 0 Å². The van der Waals surface area contributed by atoms with Crippen LogP contribution in [-0.2, 0) is 10.1 Å². The summed E-state index contributed by atoms with van der Waals surface area (Å²) in [5, 5.41) is 9.64. The Labute approximate surface area is 167 Å². The zero-order valence-electron chi connectivity index (χ0n) is 13.1. The molecule has 1 unspecified atom stereocenters. The molecule has 4 nitrogen and oxygen atoms in total. The van der Waals surface area contributed by atoms with Crippen molar-refractivity contribution in [2.75, 3.05) is 5.75 Å². The maximum Gasteiger partial charge on any atom is 1.00 e. The Bertz CT molecular complexity index is 294. The van der Waals surface area contributed by atoms with Gasteiger partial charge in [-0.1, -0.05) is 58.3 Å². The topological polar surface area (TPSA) is 77.4 Å². The summed E-state index contributed by atoms with van der Waals surface area (Å²) < 4.78 is 31.1. The second-order valence-electron chi connectivity index (χ2n) is 5.32. The maximum absolute atomic E-state index is 10.4. The van der Waals surface area contributed by atoms with Gasteiger partial charge in [0.25, 0.3) is 0 Å². The molecule has 20 heavy (non-hydrogen) atoms. The van der Waals surface area contributed by atoms with E-state index in [2.05, 4.69) is 6.92 Å². The Morgan fingerprint density at radius 3 is 1.85 bits per heavy atom. The minimum absolute atomic E-state index is 0. The van der Waals surface area contributed by atoms with Crippen LogP contribution < -0.4 is 51.4 Å². The molecule has 6 heteroatoms. The molecule has 0 amide bonds. The molecule has 0 heterocycles. The van der Waals surface area contributed by atoms with Crippen molar-refractivity contribution in [3.8, 4) is 0 Å². The summed E-state index contributed by atoms with van der Waals surface area (Å²) in [7, 11) is -4.02. The Hall–Kier alpha value is 1.51. The summed E-state index contributed by atoms with van der Waals surface area (Å²) in [5.74, 6) is -0.226. The van der Waals surface area contributed by atoms with Gasteiger partial charge in [0.2, 0.25) is 0 Å². The number of unbranched alkanes of at least 4 members (excludes halogenated alkanes) is 7. The molecule has 0 aromatic heterocycles. The smallest absolute Gasteiger partial charge is 0.748 e. The van der Waals surface area contributed by atoms with Crippen LogP contribution in [0.1, 0.15) is 77.6 Å². The summed E-state index contributed by atoms with van der Waals surface area (Å²) in [4.78, 5) is 0. The molecular formula is C14H29KO4S. The Morgan fingerprint density at radius 2 is 1.35 bits per heavy atom. The van der Waals surface area contributed by atoms with Crippen LogP contribution >= 0.6 is 0 Å². The molecule has 0 aliphatic carbocycles. The van der Waals surface area contributed by atoms with Gasteiger partial charge in [0.15, 0.2) is 0 Å². The van der Waals surface area contributed by atoms with Crippen LogP contribution in [0.2, 0.25) is 0 Å². The van der Waals surface area contributed by atoms with Crippen LogP contribution in [0.15, 0.2) is 0 Å². The van der Waals surface area contributed by atoms with Crippen molar-refractivity contribution in [3.05, 3.63) is 0 Å². The van der Waals surface area contributed by atoms with Crippen molar-refractivity contribution in [1.29, 1.82) is 0 Å². The number of hydrogen-bond donors (Lipinski definition) is 1. The van der Waals surface area contributed by atoms with Crippen LogP contribution in [-0.4, -0.2) is 29.9 Å². The summed E-state index contributed by atoms with van der Waals surface area (Å²) >= 11 is 0. The van der Waals surface area contributed by atoms with Crippen LogP contribution in [0.25, 0.3) is 0 Å². The van der Waals surface area contributed by atoms with E-state index in [-0.39, 0.29) is 63.2 Å². The van der Waals surface area contributed by atoms with Gasteiger partial charge in [0, 0.05) is 5.75 Å². The van der Waals surface area contributed by atoms with E-state index in [1.165, 1.54) is 0 Å². The molecule has 1 atom stereocenters. The van der Waals surface area contributed by atoms with Gasteiger partial charge < -0.3 is 9.66 Å². The molecule has 116 valence electrons. The summed E-state index contributed by atoms with van der Waals surface area (Å²) in [5.41, 5.74) is 0. The second kappa shape index (κ2) is 15.4. The number of rotatable bonds is 13. The molecular weight excluding hydrogens is 303 g/mol. The minimum Gasteiger partial charge on any atom is -0.748 e. The average molecular weight is 333 g/mol.